The predicted octanol–water partition coefficient (Wildman–Crippen LogP) is 2.76. The van der Waals surface area contributed by atoms with Crippen molar-refractivity contribution < 1.29 is 0 Å². The molecule has 1 aromatic heterocycles. The summed E-state index contributed by atoms with van der Waals surface area (Å²) in [5.74, 6) is 0.634. The van der Waals surface area contributed by atoms with Crippen LogP contribution in [-0.4, -0.2) is 17.6 Å². The van der Waals surface area contributed by atoms with Crippen LogP contribution < -0.4 is 11.1 Å². The lowest BCUT2D eigenvalue weighted by molar-refractivity contribution is 0.322. The quantitative estimate of drug-likeness (QED) is 0.841. The summed E-state index contributed by atoms with van der Waals surface area (Å²) in [5.41, 5.74) is 7.48. The first-order valence-electron chi connectivity index (χ1n) is 7.05. The monoisotopic (exact) mass is 247 g/mol. The molecule has 0 bridgehead atoms. The number of pyridine rings is 1. The van der Waals surface area contributed by atoms with Crippen molar-refractivity contribution in [3.63, 3.8) is 0 Å². The molecule has 0 aromatic carbocycles. The molecule has 1 heterocycles. The molecule has 0 aliphatic heterocycles. The van der Waals surface area contributed by atoms with Crippen LogP contribution in [0.2, 0.25) is 0 Å². The third-order valence-corrected chi connectivity index (χ3v) is 3.99. The van der Waals surface area contributed by atoms with Gasteiger partial charge in [-0.15, -0.1) is 0 Å². The number of hydrogen-bond donors (Lipinski definition) is 2. The van der Waals surface area contributed by atoms with Crippen LogP contribution in [-0.2, 0) is 6.42 Å². The largest absolute Gasteiger partial charge is 0.384 e. The maximum absolute atomic E-state index is 5.75. The first kappa shape index (κ1) is 13.3. The highest BCUT2D eigenvalue weighted by Gasteiger charge is 2.34. The van der Waals surface area contributed by atoms with Crippen molar-refractivity contribution in [3.8, 4) is 0 Å². The average Bonchev–Trinajstić information content (AvgIpc) is 2.68. The second-order valence-electron chi connectivity index (χ2n) is 5.97. The van der Waals surface area contributed by atoms with E-state index in [1.54, 1.807) is 0 Å². The fraction of sp³-hybridized carbons (Fsp3) is 0.667. The molecule has 1 aliphatic carbocycles. The Balaban J connectivity index is 1.93. The van der Waals surface area contributed by atoms with Crippen molar-refractivity contribution in [3.05, 3.63) is 23.9 Å². The lowest BCUT2D eigenvalue weighted by Crippen LogP contribution is -2.28. The molecule has 1 aromatic rings. The Morgan fingerprint density at radius 2 is 2.39 bits per heavy atom. The fourth-order valence-electron chi connectivity index (χ4n) is 3.10. The summed E-state index contributed by atoms with van der Waals surface area (Å²) >= 11 is 0. The summed E-state index contributed by atoms with van der Waals surface area (Å²) in [5, 5.41) is 3.65. The van der Waals surface area contributed by atoms with Crippen LogP contribution >= 0.6 is 0 Å². The highest BCUT2D eigenvalue weighted by atomic mass is 14.9. The molecule has 1 aliphatic rings. The van der Waals surface area contributed by atoms with Crippen LogP contribution in [0.3, 0.4) is 0 Å². The zero-order valence-electron chi connectivity index (χ0n) is 11.6. The minimum Gasteiger partial charge on any atom is -0.384 e. The van der Waals surface area contributed by atoms with Gasteiger partial charge in [-0.2, -0.15) is 0 Å². The smallest absolute Gasteiger partial charge is 0.123 e. The number of nitrogens with zero attached hydrogens (tertiary/aromatic N) is 1. The average molecular weight is 247 g/mol. The van der Waals surface area contributed by atoms with Crippen molar-refractivity contribution in [1.82, 2.24) is 10.3 Å². The summed E-state index contributed by atoms with van der Waals surface area (Å²) in [4.78, 5) is 4.06. The molecule has 2 unspecified atom stereocenters. The third-order valence-electron chi connectivity index (χ3n) is 3.99. The van der Waals surface area contributed by atoms with Gasteiger partial charge in [0.25, 0.3) is 0 Å². The van der Waals surface area contributed by atoms with Gasteiger partial charge in [0.15, 0.2) is 0 Å². The molecule has 100 valence electrons. The summed E-state index contributed by atoms with van der Waals surface area (Å²) in [6.45, 7) is 5.76. The summed E-state index contributed by atoms with van der Waals surface area (Å²) < 4.78 is 0. The van der Waals surface area contributed by atoms with Gasteiger partial charge >= 0.3 is 0 Å². The molecule has 0 amide bonds. The summed E-state index contributed by atoms with van der Waals surface area (Å²) in [6.07, 6.45) is 8.02. The summed E-state index contributed by atoms with van der Waals surface area (Å²) in [7, 11) is 0. The summed E-state index contributed by atoms with van der Waals surface area (Å²) in [6, 6.07) is 4.81. The van der Waals surface area contributed by atoms with Gasteiger partial charge < -0.3 is 11.1 Å². The van der Waals surface area contributed by atoms with Gasteiger partial charge in [0, 0.05) is 12.2 Å². The minimum atomic E-state index is 0.416. The minimum absolute atomic E-state index is 0.416. The molecule has 1 saturated carbocycles. The van der Waals surface area contributed by atoms with Gasteiger partial charge in [-0.05, 0) is 61.8 Å². The number of anilines is 1. The van der Waals surface area contributed by atoms with Gasteiger partial charge in [0.2, 0.25) is 0 Å². The van der Waals surface area contributed by atoms with E-state index in [-0.39, 0.29) is 0 Å². The molecular formula is C15H25N3. The molecule has 2 atom stereocenters. The Kier molecular flexibility index (Phi) is 4.23. The topological polar surface area (TPSA) is 50.9 Å². The molecule has 18 heavy (non-hydrogen) atoms. The van der Waals surface area contributed by atoms with Crippen molar-refractivity contribution in [2.45, 2.75) is 52.0 Å². The van der Waals surface area contributed by atoms with Crippen LogP contribution in [0, 0.1) is 5.41 Å². The van der Waals surface area contributed by atoms with Crippen molar-refractivity contribution in [2.24, 2.45) is 5.41 Å². The first-order valence-corrected chi connectivity index (χ1v) is 7.05. The van der Waals surface area contributed by atoms with Crippen LogP contribution in [0.1, 0.15) is 45.1 Å². The number of nitrogen functional groups attached to an aromatic ring is 1. The second-order valence-corrected chi connectivity index (χ2v) is 5.97. The van der Waals surface area contributed by atoms with E-state index in [9.17, 15) is 0 Å². The van der Waals surface area contributed by atoms with Gasteiger partial charge in [0.1, 0.15) is 5.82 Å². The molecule has 0 saturated heterocycles. The fourth-order valence-corrected chi connectivity index (χ4v) is 3.10. The predicted molar refractivity (Wildman–Crippen MR) is 76.4 cm³/mol. The number of nitrogens with one attached hydrogen (secondary N) is 1. The maximum Gasteiger partial charge on any atom is 0.123 e. The van der Waals surface area contributed by atoms with Crippen LogP contribution in [0.4, 0.5) is 5.82 Å². The first-order chi connectivity index (χ1) is 8.61. The standard InChI is InChI=1S/C15H25N3/c1-3-7-17-13-4-6-15(2,11-13)10-12-5-8-18-14(16)9-12/h5,8-9,13,17H,3-4,6-7,10-11H2,1-2H3,(H2,16,18). The van der Waals surface area contributed by atoms with Gasteiger partial charge in [-0.1, -0.05) is 13.8 Å². The van der Waals surface area contributed by atoms with Crippen molar-refractivity contribution in [2.75, 3.05) is 12.3 Å². The lowest BCUT2D eigenvalue weighted by Gasteiger charge is -2.24. The Morgan fingerprint density at radius 3 is 3.11 bits per heavy atom. The van der Waals surface area contributed by atoms with Gasteiger partial charge in [0.05, 0.1) is 0 Å². The van der Waals surface area contributed by atoms with E-state index in [0.717, 1.165) is 13.0 Å². The van der Waals surface area contributed by atoms with E-state index >= 15 is 0 Å². The van der Waals surface area contributed by atoms with E-state index < -0.39 is 0 Å². The Hall–Kier alpha value is -1.09. The molecule has 3 nitrogen and oxygen atoms in total. The number of hydrogen-bond acceptors (Lipinski definition) is 3. The molecule has 2 rings (SSSR count). The molecule has 3 N–H and O–H groups in total. The Labute approximate surface area is 110 Å². The third kappa shape index (κ3) is 3.45. The molecular weight excluding hydrogens is 222 g/mol. The van der Waals surface area contributed by atoms with Gasteiger partial charge in [-0.25, -0.2) is 4.98 Å². The highest BCUT2D eigenvalue weighted by molar-refractivity contribution is 5.32. The lowest BCUT2D eigenvalue weighted by atomic mass is 9.82. The van der Waals surface area contributed by atoms with E-state index in [0.29, 0.717) is 17.3 Å². The van der Waals surface area contributed by atoms with Crippen molar-refractivity contribution >= 4 is 5.82 Å². The van der Waals surface area contributed by atoms with Gasteiger partial charge in [-0.3, -0.25) is 0 Å². The zero-order chi connectivity index (χ0) is 13.0. The number of aromatic nitrogens is 1. The Bertz CT molecular complexity index is 391. The van der Waals surface area contributed by atoms with Crippen LogP contribution in [0.15, 0.2) is 18.3 Å². The van der Waals surface area contributed by atoms with E-state index in [4.69, 9.17) is 5.73 Å². The number of rotatable bonds is 5. The highest BCUT2D eigenvalue weighted by Crippen LogP contribution is 2.40. The van der Waals surface area contributed by atoms with Crippen LogP contribution in [0.5, 0.6) is 0 Å². The van der Waals surface area contributed by atoms with Crippen LogP contribution in [0.25, 0.3) is 0 Å². The molecule has 0 radical (unpaired) electrons. The van der Waals surface area contributed by atoms with E-state index in [1.165, 1.54) is 31.2 Å². The maximum atomic E-state index is 5.75. The Morgan fingerprint density at radius 1 is 1.56 bits per heavy atom. The van der Waals surface area contributed by atoms with E-state index in [2.05, 4.69) is 30.2 Å². The molecule has 1 fully saturated rings. The molecule has 0 spiro atoms. The van der Waals surface area contributed by atoms with Crippen molar-refractivity contribution in [1.29, 1.82) is 0 Å². The normalized spacial score (nSPS) is 27.6. The SMILES string of the molecule is CCCNC1CCC(C)(Cc2ccnc(N)c2)C1. The molecule has 3 heteroatoms. The zero-order valence-corrected chi connectivity index (χ0v) is 11.6. The number of nitrogens with two attached hydrogens (primary N) is 1. The van der Waals surface area contributed by atoms with E-state index in [1.807, 2.05) is 12.3 Å². The second kappa shape index (κ2) is 5.70.